The summed E-state index contributed by atoms with van der Waals surface area (Å²) >= 11 is 0. The average molecular weight is 314 g/mol. The summed E-state index contributed by atoms with van der Waals surface area (Å²) in [4.78, 5) is 22.8. The zero-order chi connectivity index (χ0) is 15.8. The third-order valence-electron chi connectivity index (χ3n) is 3.22. The van der Waals surface area contributed by atoms with Crippen molar-refractivity contribution in [1.82, 2.24) is 9.21 Å². The van der Waals surface area contributed by atoms with Gasteiger partial charge in [0.25, 0.3) is 5.69 Å². The molecule has 0 atom stereocenters. The lowest BCUT2D eigenvalue weighted by Crippen LogP contribution is -2.50. The van der Waals surface area contributed by atoms with Crippen LogP contribution in [0.2, 0.25) is 0 Å². The van der Waals surface area contributed by atoms with E-state index in [4.69, 9.17) is 5.73 Å². The molecule has 114 valence electrons. The molecular weight excluding hydrogens is 300 g/mol. The summed E-state index contributed by atoms with van der Waals surface area (Å²) in [6.45, 7) is -0.00665. The van der Waals surface area contributed by atoms with Crippen LogP contribution in [0, 0.1) is 10.1 Å². The average Bonchev–Trinajstić information content (AvgIpc) is 2.41. The first-order valence-corrected chi connectivity index (χ1v) is 7.45. The fraction of sp³-hybridized carbons (Fsp3) is 0.364. The number of hydrogen-bond acceptors (Lipinski definition) is 6. The lowest BCUT2D eigenvalue weighted by atomic mass is 10.3. The third-order valence-corrected chi connectivity index (χ3v) is 5.11. The monoisotopic (exact) mass is 314 g/mol. The van der Waals surface area contributed by atoms with Gasteiger partial charge in [0.1, 0.15) is 0 Å². The number of carbonyl (C=O) groups excluding carboxylic acids is 1. The first-order chi connectivity index (χ1) is 9.73. The van der Waals surface area contributed by atoms with Crippen molar-refractivity contribution in [2.45, 2.75) is 4.90 Å². The van der Waals surface area contributed by atoms with E-state index in [1.54, 1.807) is 7.05 Å². The predicted molar refractivity (Wildman–Crippen MR) is 73.9 cm³/mol. The molecule has 0 aliphatic carbocycles. The van der Waals surface area contributed by atoms with Crippen LogP contribution >= 0.6 is 0 Å². The smallest absolute Gasteiger partial charge is 0.291 e. The van der Waals surface area contributed by atoms with Crippen molar-refractivity contribution in [2.75, 3.05) is 32.4 Å². The Hall–Kier alpha value is -2.20. The van der Waals surface area contributed by atoms with Gasteiger partial charge in [0.15, 0.2) is 4.90 Å². The van der Waals surface area contributed by atoms with Gasteiger partial charge in [0, 0.05) is 31.9 Å². The maximum absolute atomic E-state index is 12.5. The Labute approximate surface area is 121 Å². The number of nitrogen functional groups attached to an aromatic ring is 1. The molecule has 0 aromatic heterocycles. The molecule has 21 heavy (non-hydrogen) atoms. The van der Waals surface area contributed by atoms with Crippen LogP contribution in [-0.2, 0) is 14.8 Å². The summed E-state index contributed by atoms with van der Waals surface area (Å²) in [6.07, 6.45) is 0. The molecule has 1 saturated heterocycles. The lowest BCUT2D eigenvalue weighted by Gasteiger charge is -2.31. The van der Waals surface area contributed by atoms with Crippen molar-refractivity contribution in [2.24, 2.45) is 0 Å². The SMILES string of the molecule is CN1CCN(S(=O)(=O)c2ccc(N)cc2[N+](=O)[O-])CC1=O. The van der Waals surface area contributed by atoms with Gasteiger partial charge in [-0.3, -0.25) is 14.9 Å². The Kier molecular flexibility index (Phi) is 3.83. The quantitative estimate of drug-likeness (QED) is 0.461. The maximum Gasteiger partial charge on any atom is 0.291 e. The van der Waals surface area contributed by atoms with Crippen molar-refractivity contribution in [1.29, 1.82) is 0 Å². The number of carbonyl (C=O) groups is 1. The highest BCUT2D eigenvalue weighted by atomic mass is 32.2. The van der Waals surface area contributed by atoms with Gasteiger partial charge in [0.2, 0.25) is 15.9 Å². The van der Waals surface area contributed by atoms with Crippen molar-refractivity contribution < 1.29 is 18.1 Å². The zero-order valence-electron chi connectivity index (χ0n) is 11.2. The Morgan fingerprint density at radius 3 is 2.57 bits per heavy atom. The highest BCUT2D eigenvalue weighted by Gasteiger charge is 2.35. The highest BCUT2D eigenvalue weighted by Crippen LogP contribution is 2.29. The van der Waals surface area contributed by atoms with Gasteiger partial charge in [0.05, 0.1) is 11.5 Å². The molecule has 9 nitrogen and oxygen atoms in total. The molecule has 1 fully saturated rings. The van der Waals surface area contributed by atoms with Crippen LogP contribution in [0.5, 0.6) is 0 Å². The lowest BCUT2D eigenvalue weighted by molar-refractivity contribution is -0.387. The Morgan fingerprint density at radius 2 is 2.00 bits per heavy atom. The summed E-state index contributed by atoms with van der Waals surface area (Å²) in [6, 6.07) is 3.36. The highest BCUT2D eigenvalue weighted by molar-refractivity contribution is 7.89. The number of nitrogens with zero attached hydrogens (tertiary/aromatic N) is 3. The summed E-state index contributed by atoms with van der Waals surface area (Å²) in [5.74, 6) is -0.358. The van der Waals surface area contributed by atoms with Gasteiger partial charge < -0.3 is 10.6 Å². The van der Waals surface area contributed by atoms with Gasteiger partial charge in [-0.05, 0) is 12.1 Å². The van der Waals surface area contributed by atoms with Gasteiger partial charge in [-0.2, -0.15) is 4.31 Å². The fourth-order valence-corrected chi connectivity index (χ4v) is 3.49. The van der Waals surface area contributed by atoms with E-state index in [0.29, 0.717) is 0 Å². The number of piperazine rings is 1. The third kappa shape index (κ3) is 2.81. The standard InChI is InChI=1S/C11H14N4O5S/c1-13-4-5-14(7-11(13)16)21(19,20)10-3-2-8(12)6-9(10)15(17)18/h2-3,6H,4-5,7,12H2,1H3. The topological polar surface area (TPSA) is 127 Å². The summed E-state index contributed by atoms with van der Waals surface area (Å²) in [7, 11) is -2.55. The molecule has 0 spiro atoms. The normalized spacial score (nSPS) is 17.0. The molecule has 1 heterocycles. The number of nitro groups is 1. The molecule has 1 aliphatic heterocycles. The summed E-state index contributed by atoms with van der Waals surface area (Å²) in [5, 5.41) is 11.0. The Morgan fingerprint density at radius 1 is 1.33 bits per heavy atom. The van der Waals surface area contributed by atoms with Crippen LogP contribution in [0.25, 0.3) is 0 Å². The van der Waals surface area contributed by atoms with Crippen LogP contribution in [0.15, 0.2) is 23.1 Å². The number of nitrogens with two attached hydrogens (primary N) is 1. The minimum Gasteiger partial charge on any atom is -0.399 e. The molecule has 2 N–H and O–H groups in total. The summed E-state index contributed by atoms with van der Waals surface area (Å²) in [5.41, 5.74) is 4.95. The molecule has 0 radical (unpaired) electrons. The molecule has 0 unspecified atom stereocenters. The fourth-order valence-electron chi connectivity index (χ4n) is 1.98. The minimum absolute atomic E-state index is 0.0894. The van der Waals surface area contributed by atoms with Gasteiger partial charge in [-0.1, -0.05) is 0 Å². The largest absolute Gasteiger partial charge is 0.399 e. The number of amides is 1. The van der Waals surface area contributed by atoms with Crippen molar-refractivity contribution in [3.05, 3.63) is 28.3 Å². The van der Waals surface area contributed by atoms with Crippen molar-refractivity contribution >= 4 is 27.3 Å². The minimum atomic E-state index is -4.12. The first-order valence-electron chi connectivity index (χ1n) is 6.01. The van der Waals surface area contributed by atoms with Crippen LogP contribution < -0.4 is 5.73 Å². The van der Waals surface area contributed by atoms with E-state index in [2.05, 4.69) is 0 Å². The van der Waals surface area contributed by atoms with Crippen molar-refractivity contribution in [3.63, 3.8) is 0 Å². The van der Waals surface area contributed by atoms with Crippen LogP contribution in [0.3, 0.4) is 0 Å². The molecule has 2 rings (SSSR count). The van der Waals surface area contributed by atoms with E-state index in [9.17, 15) is 23.3 Å². The van der Waals surface area contributed by atoms with Crippen LogP contribution in [-0.4, -0.2) is 55.1 Å². The number of rotatable bonds is 3. The number of anilines is 1. The Bertz CT molecular complexity index is 703. The van der Waals surface area contributed by atoms with E-state index >= 15 is 0 Å². The maximum atomic E-state index is 12.5. The Balaban J connectivity index is 2.45. The van der Waals surface area contributed by atoms with Gasteiger partial charge in [-0.15, -0.1) is 0 Å². The van der Waals surface area contributed by atoms with Gasteiger partial charge in [-0.25, -0.2) is 8.42 Å². The van der Waals surface area contributed by atoms with E-state index in [1.165, 1.54) is 11.0 Å². The number of sulfonamides is 1. The summed E-state index contributed by atoms with van der Waals surface area (Å²) < 4.78 is 25.9. The molecule has 0 bridgehead atoms. The van der Waals surface area contributed by atoms with E-state index < -0.39 is 25.5 Å². The zero-order valence-corrected chi connectivity index (χ0v) is 12.0. The van der Waals surface area contributed by atoms with E-state index in [0.717, 1.165) is 16.4 Å². The molecule has 1 aromatic carbocycles. The molecule has 1 amide bonds. The second kappa shape index (κ2) is 5.30. The number of nitro benzene ring substituents is 1. The van der Waals surface area contributed by atoms with Crippen LogP contribution in [0.1, 0.15) is 0 Å². The second-order valence-corrected chi connectivity index (χ2v) is 6.54. The van der Waals surface area contributed by atoms with E-state index in [1.807, 2.05) is 0 Å². The molecule has 0 saturated carbocycles. The predicted octanol–water partition coefficient (Wildman–Crippen LogP) is -0.360. The second-order valence-electron chi connectivity index (χ2n) is 4.64. The molecule has 10 heteroatoms. The molecule has 1 aromatic rings. The van der Waals surface area contributed by atoms with Crippen molar-refractivity contribution in [3.8, 4) is 0 Å². The van der Waals surface area contributed by atoms with Crippen LogP contribution in [0.4, 0.5) is 11.4 Å². The number of likely N-dealkylation sites (N-methyl/N-ethyl adjacent to an activating group) is 1. The van der Waals surface area contributed by atoms with E-state index in [-0.39, 0.29) is 31.2 Å². The molecular formula is C11H14N4O5S. The number of benzene rings is 1. The first kappa shape index (κ1) is 15.2. The number of hydrogen-bond donors (Lipinski definition) is 1. The van der Waals surface area contributed by atoms with Gasteiger partial charge >= 0.3 is 0 Å². The molecule has 1 aliphatic rings.